The fraction of sp³-hybridized carbons (Fsp3) is 0.250. The third kappa shape index (κ3) is 3.99. The van der Waals surface area contributed by atoms with Crippen molar-refractivity contribution in [3.63, 3.8) is 0 Å². The number of rotatable bonds is 7. The van der Waals surface area contributed by atoms with Crippen molar-refractivity contribution < 1.29 is 4.42 Å². The van der Waals surface area contributed by atoms with Gasteiger partial charge in [-0.3, -0.25) is 4.57 Å². The highest BCUT2D eigenvalue weighted by Crippen LogP contribution is 2.29. The van der Waals surface area contributed by atoms with Gasteiger partial charge in [-0.15, -0.1) is 21.5 Å². The predicted octanol–water partition coefficient (Wildman–Crippen LogP) is 5.21. The number of benzene rings is 1. The fourth-order valence-corrected chi connectivity index (χ4v) is 4.52. The molecule has 0 aliphatic carbocycles. The minimum Gasteiger partial charge on any atom is -0.467 e. The summed E-state index contributed by atoms with van der Waals surface area (Å²) < 4.78 is 7.69. The molecule has 5 nitrogen and oxygen atoms in total. The van der Waals surface area contributed by atoms with Crippen LogP contribution in [0.4, 0.5) is 0 Å². The molecule has 0 saturated carbocycles. The maximum absolute atomic E-state index is 5.57. The van der Waals surface area contributed by atoms with Crippen LogP contribution in [0.5, 0.6) is 0 Å². The van der Waals surface area contributed by atoms with Gasteiger partial charge >= 0.3 is 0 Å². The molecule has 0 aliphatic heterocycles. The van der Waals surface area contributed by atoms with Crippen LogP contribution < -0.4 is 0 Å². The number of aromatic nitrogens is 4. The topological polar surface area (TPSA) is 56.7 Å². The van der Waals surface area contributed by atoms with Gasteiger partial charge in [0.15, 0.2) is 11.0 Å². The van der Waals surface area contributed by atoms with Crippen LogP contribution in [0.1, 0.15) is 28.9 Å². The van der Waals surface area contributed by atoms with E-state index in [-0.39, 0.29) is 0 Å². The van der Waals surface area contributed by atoms with Crippen LogP contribution in [0.25, 0.3) is 11.4 Å². The molecule has 7 heteroatoms. The quantitative estimate of drug-likeness (QED) is 0.402. The van der Waals surface area contributed by atoms with Gasteiger partial charge in [-0.25, -0.2) is 4.98 Å². The lowest BCUT2D eigenvalue weighted by Crippen LogP contribution is -2.04. The molecule has 0 radical (unpaired) electrons. The first-order valence-electron chi connectivity index (χ1n) is 8.82. The normalized spacial score (nSPS) is 11.2. The van der Waals surface area contributed by atoms with Gasteiger partial charge in [0, 0.05) is 16.7 Å². The van der Waals surface area contributed by atoms with Gasteiger partial charge in [0.05, 0.1) is 23.5 Å². The maximum Gasteiger partial charge on any atom is 0.192 e. The Balaban J connectivity index is 1.65. The van der Waals surface area contributed by atoms with Crippen molar-refractivity contribution >= 4 is 23.1 Å². The first kappa shape index (κ1) is 18.0. The molecule has 4 aromatic rings. The number of furan rings is 1. The molecule has 3 heterocycles. The van der Waals surface area contributed by atoms with Crippen LogP contribution in [-0.4, -0.2) is 19.7 Å². The van der Waals surface area contributed by atoms with E-state index in [2.05, 4.69) is 51.1 Å². The lowest BCUT2D eigenvalue weighted by atomic mass is 10.1. The monoisotopic (exact) mass is 396 g/mol. The minimum absolute atomic E-state index is 0.600. The van der Waals surface area contributed by atoms with E-state index in [0.29, 0.717) is 6.54 Å². The second-order valence-corrected chi connectivity index (χ2v) is 8.05. The number of thioether (sulfide) groups is 1. The third-order valence-electron chi connectivity index (χ3n) is 4.25. The Labute approximate surface area is 166 Å². The van der Waals surface area contributed by atoms with E-state index in [1.54, 1.807) is 29.4 Å². The zero-order chi connectivity index (χ0) is 18.6. The molecule has 0 saturated heterocycles. The van der Waals surface area contributed by atoms with Crippen LogP contribution in [0.15, 0.2) is 57.6 Å². The van der Waals surface area contributed by atoms with Gasteiger partial charge in [0.1, 0.15) is 5.76 Å². The Hall–Kier alpha value is -2.38. The van der Waals surface area contributed by atoms with Gasteiger partial charge in [-0.2, -0.15) is 0 Å². The Morgan fingerprint density at radius 3 is 2.78 bits per heavy atom. The molecular formula is C20H20N4OS2. The SMILES string of the molecule is CCc1nc(CSc2nnc(-c3ccccc3C)n2Cc2ccco2)cs1. The Morgan fingerprint density at radius 1 is 1.15 bits per heavy atom. The molecule has 27 heavy (non-hydrogen) atoms. The van der Waals surface area contributed by atoms with Crippen molar-refractivity contribution in [1.82, 2.24) is 19.7 Å². The third-order valence-corrected chi connectivity index (χ3v) is 6.29. The van der Waals surface area contributed by atoms with Gasteiger partial charge in [0.25, 0.3) is 0 Å². The van der Waals surface area contributed by atoms with E-state index in [4.69, 9.17) is 4.42 Å². The number of thiazole rings is 1. The summed E-state index contributed by atoms with van der Waals surface area (Å²) in [7, 11) is 0. The van der Waals surface area contributed by atoms with E-state index in [0.717, 1.165) is 40.2 Å². The summed E-state index contributed by atoms with van der Waals surface area (Å²) in [4.78, 5) is 4.65. The molecule has 0 amide bonds. The molecule has 138 valence electrons. The van der Waals surface area contributed by atoms with E-state index < -0.39 is 0 Å². The highest BCUT2D eigenvalue weighted by molar-refractivity contribution is 7.98. The second kappa shape index (κ2) is 8.10. The van der Waals surface area contributed by atoms with Crippen molar-refractivity contribution in [1.29, 1.82) is 0 Å². The zero-order valence-corrected chi connectivity index (χ0v) is 16.9. The van der Waals surface area contributed by atoms with Crippen LogP contribution in [0.2, 0.25) is 0 Å². The highest BCUT2D eigenvalue weighted by Gasteiger charge is 2.17. The summed E-state index contributed by atoms with van der Waals surface area (Å²) in [6.45, 7) is 4.82. The Bertz CT molecular complexity index is 1020. The largest absolute Gasteiger partial charge is 0.467 e. The molecule has 0 spiro atoms. The fourth-order valence-electron chi connectivity index (χ4n) is 2.84. The second-order valence-electron chi connectivity index (χ2n) is 6.16. The summed E-state index contributed by atoms with van der Waals surface area (Å²) in [6.07, 6.45) is 2.67. The Morgan fingerprint density at radius 2 is 2.04 bits per heavy atom. The highest BCUT2D eigenvalue weighted by atomic mass is 32.2. The van der Waals surface area contributed by atoms with Crippen molar-refractivity contribution in [2.75, 3.05) is 0 Å². The Kier molecular flexibility index (Phi) is 5.40. The van der Waals surface area contributed by atoms with Gasteiger partial charge < -0.3 is 4.42 Å². The number of nitrogens with zero attached hydrogens (tertiary/aromatic N) is 4. The zero-order valence-electron chi connectivity index (χ0n) is 15.3. The summed E-state index contributed by atoms with van der Waals surface area (Å²) >= 11 is 3.37. The van der Waals surface area contributed by atoms with Gasteiger partial charge in [-0.05, 0) is 31.0 Å². The molecule has 0 aliphatic rings. The molecule has 0 bridgehead atoms. The van der Waals surface area contributed by atoms with Crippen LogP contribution in [0.3, 0.4) is 0 Å². The molecule has 0 fully saturated rings. The molecule has 0 N–H and O–H groups in total. The molecule has 3 aromatic heterocycles. The standard InChI is InChI=1S/C20H20N4OS2/c1-3-18-21-15(12-26-18)13-27-20-23-22-19(17-9-5-4-7-14(17)2)24(20)11-16-8-6-10-25-16/h4-10,12H,3,11,13H2,1-2H3. The van der Waals surface area contributed by atoms with E-state index >= 15 is 0 Å². The van der Waals surface area contributed by atoms with E-state index in [1.807, 2.05) is 24.3 Å². The summed E-state index contributed by atoms with van der Waals surface area (Å²) in [5.74, 6) is 2.52. The average molecular weight is 397 g/mol. The maximum atomic E-state index is 5.57. The first-order chi connectivity index (χ1) is 13.2. The lowest BCUT2D eigenvalue weighted by Gasteiger charge is -2.10. The van der Waals surface area contributed by atoms with E-state index in [9.17, 15) is 0 Å². The number of aryl methyl sites for hydroxylation is 2. The number of hydrogen-bond acceptors (Lipinski definition) is 6. The summed E-state index contributed by atoms with van der Waals surface area (Å²) in [5.41, 5.74) is 3.35. The minimum atomic E-state index is 0.600. The van der Waals surface area contributed by atoms with Gasteiger partial charge in [-0.1, -0.05) is 43.0 Å². The first-order valence-corrected chi connectivity index (χ1v) is 10.7. The van der Waals surface area contributed by atoms with E-state index in [1.165, 1.54) is 10.6 Å². The molecular weight excluding hydrogens is 376 g/mol. The lowest BCUT2D eigenvalue weighted by molar-refractivity contribution is 0.485. The number of hydrogen-bond donors (Lipinski definition) is 0. The smallest absolute Gasteiger partial charge is 0.192 e. The van der Waals surface area contributed by atoms with Crippen molar-refractivity contribution in [3.8, 4) is 11.4 Å². The molecule has 0 unspecified atom stereocenters. The van der Waals surface area contributed by atoms with Gasteiger partial charge in [0.2, 0.25) is 0 Å². The van der Waals surface area contributed by atoms with Crippen LogP contribution >= 0.6 is 23.1 Å². The molecule has 0 atom stereocenters. The average Bonchev–Trinajstić information content (AvgIpc) is 3.42. The van der Waals surface area contributed by atoms with Crippen molar-refractivity contribution in [3.05, 3.63) is 70.1 Å². The van der Waals surface area contributed by atoms with Crippen molar-refractivity contribution in [2.24, 2.45) is 0 Å². The molecule has 4 rings (SSSR count). The van der Waals surface area contributed by atoms with Crippen LogP contribution in [0, 0.1) is 6.92 Å². The van der Waals surface area contributed by atoms with Crippen molar-refractivity contribution in [2.45, 2.75) is 37.7 Å². The predicted molar refractivity (Wildman–Crippen MR) is 109 cm³/mol. The van der Waals surface area contributed by atoms with Crippen LogP contribution in [-0.2, 0) is 18.7 Å². The summed E-state index contributed by atoms with van der Waals surface area (Å²) in [6, 6.07) is 12.1. The molecule has 1 aromatic carbocycles. The summed E-state index contributed by atoms with van der Waals surface area (Å²) in [5, 5.41) is 13.1.